The normalized spacial score (nSPS) is 16.1. The first kappa shape index (κ1) is 30.0. The third kappa shape index (κ3) is 6.92. The van der Waals surface area contributed by atoms with E-state index in [1.54, 1.807) is 23.9 Å². The van der Waals surface area contributed by atoms with Gasteiger partial charge in [0.15, 0.2) is 0 Å². The Morgan fingerprint density at radius 3 is 2.40 bits per heavy atom. The van der Waals surface area contributed by atoms with Crippen LogP contribution in [0.4, 0.5) is 10.2 Å². The topological polar surface area (TPSA) is 142 Å². The van der Waals surface area contributed by atoms with Crippen molar-refractivity contribution < 1.29 is 18.7 Å². The molecule has 0 aromatic carbocycles. The minimum absolute atomic E-state index is 0.0108. The fourth-order valence-corrected chi connectivity index (χ4v) is 6.25. The van der Waals surface area contributed by atoms with E-state index >= 15 is 4.39 Å². The van der Waals surface area contributed by atoms with Gasteiger partial charge < -0.3 is 15.4 Å². The van der Waals surface area contributed by atoms with Gasteiger partial charge in [-0.25, -0.2) is 14.3 Å². The third-order valence-corrected chi connectivity index (χ3v) is 9.77. The number of anilines is 1. The third-order valence-electron chi connectivity index (χ3n) is 8.07. The van der Waals surface area contributed by atoms with E-state index in [1.165, 1.54) is 4.68 Å². The van der Waals surface area contributed by atoms with E-state index in [0.717, 1.165) is 37.4 Å². The van der Waals surface area contributed by atoms with Gasteiger partial charge >= 0.3 is 0 Å². The summed E-state index contributed by atoms with van der Waals surface area (Å²) in [7, 11) is 0.356. The first-order valence-corrected chi connectivity index (χ1v) is 18.3. The Bertz CT molecular complexity index is 1450. The van der Waals surface area contributed by atoms with Crippen molar-refractivity contribution in [2.45, 2.75) is 78.0 Å². The van der Waals surface area contributed by atoms with Crippen molar-refractivity contribution in [1.82, 2.24) is 40.3 Å². The van der Waals surface area contributed by atoms with Crippen molar-refractivity contribution in [3.8, 4) is 11.1 Å². The van der Waals surface area contributed by atoms with Crippen molar-refractivity contribution in [1.29, 1.82) is 0 Å². The molecule has 0 bridgehead atoms. The highest BCUT2D eigenvalue weighted by atomic mass is 28.3. The van der Waals surface area contributed by atoms with Crippen LogP contribution in [0.15, 0.2) is 12.1 Å². The average Bonchev–Trinajstić information content (AvgIpc) is 3.85. The number of rotatable bonds is 13. The van der Waals surface area contributed by atoms with E-state index in [1.807, 2.05) is 13.8 Å². The van der Waals surface area contributed by atoms with E-state index in [2.05, 4.69) is 55.9 Å². The Morgan fingerprint density at radius 2 is 1.83 bits per heavy atom. The first-order valence-electron chi connectivity index (χ1n) is 14.6. The number of aryl methyl sites for hydroxylation is 2. The monoisotopic (exact) mass is 597 g/mol. The fraction of sp³-hybridized carbons (Fsp3) is 0.607. The highest BCUT2D eigenvalue weighted by Gasteiger charge is 2.48. The maximum atomic E-state index is 15.4. The molecule has 1 atom stereocenters. The number of nitrogens with zero attached hydrogens (tertiary/aromatic N) is 7. The van der Waals surface area contributed by atoms with Gasteiger partial charge in [-0.05, 0) is 85.9 Å². The zero-order valence-corrected chi connectivity index (χ0v) is 26.1. The second-order valence-corrected chi connectivity index (χ2v) is 18.4. The van der Waals surface area contributed by atoms with Crippen LogP contribution in [0.3, 0.4) is 0 Å². The molecule has 0 radical (unpaired) electrons. The predicted octanol–water partition coefficient (Wildman–Crippen LogP) is 3.71. The minimum Gasteiger partial charge on any atom is -0.360 e. The van der Waals surface area contributed by atoms with E-state index in [0.29, 0.717) is 42.0 Å². The van der Waals surface area contributed by atoms with E-state index < -0.39 is 31.9 Å². The van der Waals surface area contributed by atoms with Gasteiger partial charge in [0.1, 0.15) is 18.6 Å². The Hall–Kier alpha value is -3.52. The molecule has 2 aliphatic carbocycles. The molecule has 3 aromatic heterocycles. The fourth-order valence-electron chi connectivity index (χ4n) is 5.49. The number of carbonyl (C=O) groups excluding carboxylic acids is 2. The lowest BCUT2D eigenvalue weighted by Gasteiger charge is -2.27. The van der Waals surface area contributed by atoms with Crippen molar-refractivity contribution in [3.05, 3.63) is 35.3 Å². The van der Waals surface area contributed by atoms with Gasteiger partial charge in [0, 0.05) is 38.5 Å². The number of pyridine rings is 1. The highest BCUT2D eigenvalue weighted by molar-refractivity contribution is 6.76. The molecular formula is C28H40FN9O3Si. The minimum atomic E-state index is -1.21. The van der Waals surface area contributed by atoms with Crippen LogP contribution >= 0.6 is 0 Å². The molecule has 5 rings (SSSR count). The number of carbonyl (C=O) groups is 2. The largest absolute Gasteiger partial charge is 0.360 e. The van der Waals surface area contributed by atoms with Gasteiger partial charge in [-0.2, -0.15) is 9.49 Å². The number of tetrazole rings is 1. The van der Waals surface area contributed by atoms with Gasteiger partial charge in [0.25, 0.3) is 5.91 Å². The number of aromatic nitrogens is 7. The second-order valence-electron chi connectivity index (χ2n) is 12.7. The molecule has 2 fully saturated rings. The van der Waals surface area contributed by atoms with Crippen LogP contribution in [0.1, 0.15) is 47.7 Å². The standard InChI is InChI=1S/C28H40FN9O3Si/c1-16-22(17(2)38(34-16)15-41-13-14-42(4,5)6)20-11-12-21(30-25(20)29)31-27(39)24(23(18-7-8-18)19-9-10-19)32-28(40)26-33-35-36-37(26)3/h11-12,18-19,23-24H,7-10,13-15H2,1-6H3,(H,32,40)(H,30,31,39)/t24-/m0/s1. The second kappa shape index (κ2) is 12.0. The molecule has 0 unspecified atom stereocenters. The maximum absolute atomic E-state index is 15.4. The summed E-state index contributed by atoms with van der Waals surface area (Å²) in [6, 6.07) is 3.41. The van der Waals surface area contributed by atoms with Crippen LogP contribution in [-0.4, -0.2) is 67.5 Å². The van der Waals surface area contributed by atoms with E-state index in [9.17, 15) is 9.59 Å². The van der Waals surface area contributed by atoms with Crippen LogP contribution < -0.4 is 10.6 Å². The van der Waals surface area contributed by atoms with E-state index in [4.69, 9.17) is 4.74 Å². The van der Waals surface area contributed by atoms with Crippen molar-refractivity contribution in [3.63, 3.8) is 0 Å². The number of hydrogen-bond acceptors (Lipinski definition) is 8. The first-order chi connectivity index (χ1) is 19.9. The molecule has 42 heavy (non-hydrogen) atoms. The Kier molecular flexibility index (Phi) is 8.55. The van der Waals surface area contributed by atoms with Crippen LogP contribution in [0.5, 0.6) is 0 Å². The van der Waals surface area contributed by atoms with Crippen molar-refractivity contribution >= 4 is 25.7 Å². The Morgan fingerprint density at radius 1 is 1.14 bits per heavy atom. The van der Waals surface area contributed by atoms with Crippen LogP contribution in [-0.2, 0) is 23.3 Å². The summed E-state index contributed by atoms with van der Waals surface area (Å²) in [5.41, 5.74) is 2.38. The van der Waals surface area contributed by atoms with Gasteiger partial charge in [0.05, 0.1) is 5.69 Å². The summed E-state index contributed by atoms with van der Waals surface area (Å²) < 4.78 is 24.3. The maximum Gasteiger partial charge on any atom is 0.291 e. The summed E-state index contributed by atoms with van der Waals surface area (Å²) in [5, 5.41) is 21.2. The molecular weight excluding hydrogens is 557 g/mol. The van der Waals surface area contributed by atoms with Crippen LogP contribution in [0, 0.1) is 37.5 Å². The number of halogens is 1. The summed E-state index contributed by atoms with van der Waals surface area (Å²) in [5.74, 6) is -0.884. The van der Waals surface area contributed by atoms with Crippen LogP contribution in [0.2, 0.25) is 25.7 Å². The van der Waals surface area contributed by atoms with Crippen LogP contribution in [0.25, 0.3) is 11.1 Å². The molecule has 3 aromatic rings. The van der Waals surface area contributed by atoms with Gasteiger partial charge in [0.2, 0.25) is 17.7 Å². The molecule has 12 nitrogen and oxygen atoms in total. The molecule has 226 valence electrons. The molecule has 2 N–H and O–H groups in total. The molecule has 14 heteroatoms. The van der Waals surface area contributed by atoms with Crippen molar-refractivity contribution in [2.75, 3.05) is 11.9 Å². The van der Waals surface area contributed by atoms with Gasteiger partial charge in [-0.1, -0.05) is 19.6 Å². The quantitative estimate of drug-likeness (QED) is 0.173. The smallest absolute Gasteiger partial charge is 0.291 e. The zero-order chi connectivity index (χ0) is 30.2. The van der Waals surface area contributed by atoms with Crippen molar-refractivity contribution in [2.24, 2.45) is 24.8 Å². The molecule has 3 heterocycles. The summed E-state index contributed by atoms with van der Waals surface area (Å²) >= 11 is 0. The number of amides is 2. The Labute approximate surface area is 245 Å². The average molecular weight is 598 g/mol. The lowest BCUT2D eigenvalue weighted by Crippen LogP contribution is -2.50. The lowest BCUT2D eigenvalue weighted by atomic mass is 9.88. The summed E-state index contributed by atoms with van der Waals surface area (Å²) in [6.45, 7) is 11.5. The van der Waals surface area contributed by atoms with Gasteiger partial charge in [-0.3, -0.25) is 9.59 Å². The zero-order valence-electron chi connectivity index (χ0n) is 25.1. The molecule has 0 spiro atoms. The highest BCUT2D eigenvalue weighted by Crippen LogP contribution is 2.51. The number of ether oxygens (including phenoxy) is 1. The number of nitrogens with one attached hydrogen (secondary N) is 2. The summed E-state index contributed by atoms with van der Waals surface area (Å²) in [4.78, 5) is 30.7. The molecule has 0 saturated heterocycles. The lowest BCUT2D eigenvalue weighted by molar-refractivity contribution is -0.119. The molecule has 2 aliphatic rings. The molecule has 0 aliphatic heterocycles. The molecule has 2 amide bonds. The Balaban J connectivity index is 1.31. The van der Waals surface area contributed by atoms with E-state index in [-0.39, 0.29) is 17.6 Å². The predicted molar refractivity (Wildman–Crippen MR) is 157 cm³/mol. The summed E-state index contributed by atoms with van der Waals surface area (Å²) in [6.07, 6.45) is 4.07. The van der Waals surface area contributed by atoms with Gasteiger partial charge in [-0.15, -0.1) is 5.10 Å². The SMILES string of the molecule is Cc1nn(COCC[Si](C)(C)C)c(C)c1-c1ccc(NC(=O)[C@@H](NC(=O)c2nnnn2C)C(C2CC2)C2CC2)nc1F. The molecule has 2 saturated carbocycles. The number of hydrogen-bond donors (Lipinski definition) is 2.